The molecule has 0 saturated carbocycles. The lowest BCUT2D eigenvalue weighted by Crippen LogP contribution is -2.16. The van der Waals surface area contributed by atoms with Gasteiger partial charge < -0.3 is 20.5 Å². The molecule has 156 valence electrons. The zero-order chi connectivity index (χ0) is 21.7. The Labute approximate surface area is 181 Å². The van der Waals surface area contributed by atoms with Crippen molar-refractivity contribution >= 4 is 40.6 Å². The summed E-state index contributed by atoms with van der Waals surface area (Å²) in [7, 11) is 1.47. The second-order valence-electron chi connectivity index (χ2n) is 5.94. The van der Waals surface area contributed by atoms with Gasteiger partial charge in [0.2, 0.25) is 5.88 Å². The Morgan fingerprint density at radius 2 is 2.03 bits per heavy atom. The molecule has 0 atom stereocenters. The van der Waals surface area contributed by atoms with Crippen molar-refractivity contribution in [3.05, 3.63) is 63.6 Å². The van der Waals surface area contributed by atoms with E-state index in [0.29, 0.717) is 22.2 Å². The maximum Gasteiger partial charge on any atom is 0.276 e. The number of amides is 1. The Morgan fingerprint density at radius 3 is 2.80 bits per heavy atom. The molecule has 11 heteroatoms. The van der Waals surface area contributed by atoms with Crippen molar-refractivity contribution in [2.24, 2.45) is 0 Å². The molecule has 8 nitrogen and oxygen atoms in total. The van der Waals surface area contributed by atoms with Gasteiger partial charge in [0, 0.05) is 35.5 Å². The second kappa shape index (κ2) is 9.55. The Balaban J connectivity index is 1.69. The van der Waals surface area contributed by atoms with Gasteiger partial charge in [0.1, 0.15) is 5.82 Å². The van der Waals surface area contributed by atoms with Crippen molar-refractivity contribution in [2.75, 3.05) is 24.8 Å². The van der Waals surface area contributed by atoms with E-state index in [-0.39, 0.29) is 35.3 Å². The van der Waals surface area contributed by atoms with Crippen LogP contribution in [0.2, 0.25) is 10.0 Å². The van der Waals surface area contributed by atoms with Crippen molar-refractivity contribution in [2.45, 2.75) is 6.42 Å². The lowest BCUT2D eigenvalue weighted by atomic mass is 10.1. The molecular formula is C19H16Cl2FN5O3. The van der Waals surface area contributed by atoms with Crippen LogP contribution in [-0.4, -0.2) is 34.8 Å². The van der Waals surface area contributed by atoms with Gasteiger partial charge in [-0.25, -0.2) is 9.37 Å². The topological polar surface area (TPSA) is 112 Å². The molecule has 0 bridgehead atoms. The number of carbonyl (C=O) groups is 1. The number of benzene rings is 1. The van der Waals surface area contributed by atoms with Crippen molar-refractivity contribution in [1.82, 2.24) is 15.2 Å². The molecule has 0 aliphatic carbocycles. The predicted molar refractivity (Wildman–Crippen MR) is 111 cm³/mol. The monoisotopic (exact) mass is 451 g/mol. The minimum atomic E-state index is -0.576. The van der Waals surface area contributed by atoms with Crippen molar-refractivity contribution in [3.63, 3.8) is 0 Å². The Hall–Kier alpha value is -3.17. The standard InChI is InChI=1S/C19H16Cl2FN5O3/c1-29-16-8-10(4-6-24-16)25-19(28)14-9-15(18(23)27-26-14)30-7-5-11-12(20)2-3-13(22)17(11)21/h2-4,6,8-9H,5,7H2,1H3,(H2,23,27)(H,24,25,28). The third-order valence-electron chi connectivity index (χ3n) is 3.97. The largest absolute Gasteiger partial charge is 0.489 e. The second-order valence-corrected chi connectivity index (χ2v) is 6.73. The smallest absolute Gasteiger partial charge is 0.276 e. The van der Waals surface area contributed by atoms with Crippen LogP contribution in [-0.2, 0) is 6.42 Å². The number of methoxy groups -OCH3 is 1. The van der Waals surface area contributed by atoms with Gasteiger partial charge in [0.25, 0.3) is 5.91 Å². The predicted octanol–water partition coefficient (Wildman–Crippen LogP) is 3.78. The summed E-state index contributed by atoms with van der Waals surface area (Å²) in [5.41, 5.74) is 6.63. The molecule has 3 aromatic rings. The van der Waals surface area contributed by atoms with E-state index in [9.17, 15) is 9.18 Å². The average molecular weight is 452 g/mol. The molecule has 0 unspecified atom stereocenters. The highest BCUT2D eigenvalue weighted by molar-refractivity contribution is 6.36. The summed E-state index contributed by atoms with van der Waals surface area (Å²) in [6.07, 6.45) is 1.70. The number of ether oxygens (including phenoxy) is 2. The van der Waals surface area contributed by atoms with Crippen LogP contribution in [0, 0.1) is 5.82 Å². The van der Waals surface area contributed by atoms with Crippen LogP contribution in [0.25, 0.3) is 0 Å². The van der Waals surface area contributed by atoms with Gasteiger partial charge in [-0.15, -0.1) is 10.2 Å². The summed E-state index contributed by atoms with van der Waals surface area (Å²) in [6, 6.07) is 7.09. The van der Waals surface area contributed by atoms with Crippen molar-refractivity contribution in [3.8, 4) is 11.6 Å². The number of carbonyl (C=O) groups excluding carboxylic acids is 1. The fraction of sp³-hybridized carbons (Fsp3) is 0.158. The number of anilines is 2. The summed E-state index contributed by atoms with van der Waals surface area (Å²) in [5, 5.41) is 10.4. The van der Waals surface area contributed by atoms with Crippen LogP contribution in [0.1, 0.15) is 16.1 Å². The molecule has 0 fully saturated rings. The average Bonchev–Trinajstić information content (AvgIpc) is 2.74. The number of hydrogen-bond acceptors (Lipinski definition) is 7. The summed E-state index contributed by atoms with van der Waals surface area (Å²) in [6.45, 7) is 0.0708. The SMILES string of the molecule is COc1cc(NC(=O)c2cc(OCCc3c(Cl)ccc(F)c3Cl)c(N)nn2)ccn1. The molecule has 0 saturated heterocycles. The van der Waals surface area contributed by atoms with Gasteiger partial charge in [-0.2, -0.15) is 0 Å². The van der Waals surface area contributed by atoms with Gasteiger partial charge in [-0.3, -0.25) is 4.79 Å². The van der Waals surface area contributed by atoms with E-state index in [1.54, 1.807) is 12.1 Å². The lowest BCUT2D eigenvalue weighted by molar-refractivity contribution is 0.102. The first kappa shape index (κ1) is 21.5. The van der Waals surface area contributed by atoms with E-state index < -0.39 is 11.7 Å². The maximum absolute atomic E-state index is 13.6. The lowest BCUT2D eigenvalue weighted by Gasteiger charge is -2.11. The zero-order valence-corrected chi connectivity index (χ0v) is 17.2. The fourth-order valence-corrected chi connectivity index (χ4v) is 3.03. The highest BCUT2D eigenvalue weighted by Gasteiger charge is 2.15. The molecule has 0 aliphatic rings. The number of nitrogens with two attached hydrogens (primary N) is 1. The van der Waals surface area contributed by atoms with Crippen LogP contribution in [0.4, 0.5) is 15.9 Å². The minimum absolute atomic E-state index is 0.00596. The van der Waals surface area contributed by atoms with Crippen LogP contribution in [0.3, 0.4) is 0 Å². The van der Waals surface area contributed by atoms with E-state index in [0.717, 1.165) is 0 Å². The number of halogens is 3. The van der Waals surface area contributed by atoms with E-state index in [1.165, 1.54) is 31.5 Å². The molecule has 0 aliphatic heterocycles. The summed E-state index contributed by atoms with van der Waals surface area (Å²) in [4.78, 5) is 16.4. The van der Waals surface area contributed by atoms with Crippen LogP contribution in [0.5, 0.6) is 11.6 Å². The highest BCUT2D eigenvalue weighted by Crippen LogP contribution is 2.28. The number of nitrogens with one attached hydrogen (secondary N) is 1. The Kier molecular flexibility index (Phi) is 6.86. The van der Waals surface area contributed by atoms with Crippen LogP contribution in [0.15, 0.2) is 36.5 Å². The number of aromatic nitrogens is 3. The van der Waals surface area contributed by atoms with Gasteiger partial charge in [-0.1, -0.05) is 23.2 Å². The molecule has 0 spiro atoms. The van der Waals surface area contributed by atoms with Gasteiger partial charge >= 0.3 is 0 Å². The van der Waals surface area contributed by atoms with E-state index in [4.69, 9.17) is 38.4 Å². The van der Waals surface area contributed by atoms with Crippen LogP contribution >= 0.6 is 23.2 Å². The summed E-state index contributed by atoms with van der Waals surface area (Å²) >= 11 is 12.0. The number of rotatable bonds is 7. The Morgan fingerprint density at radius 1 is 1.23 bits per heavy atom. The first-order valence-electron chi connectivity index (χ1n) is 8.58. The molecule has 3 rings (SSSR count). The molecule has 1 amide bonds. The molecule has 3 N–H and O–H groups in total. The first-order valence-corrected chi connectivity index (χ1v) is 9.34. The summed E-state index contributed by atoms with van der Waals surface area (Å²) in [5.74, 6) is -0.626. The maximum atomic E-state index is 13.6. The van der Waals surface area contributed by atoms with E-state index >= 15 is 0 Å². The molecule has 1 aromatic carbocycles. The molecule has 2 heterocycles. The molecular weight excluding hydrogens is 436 g/mol. The number of hydrogen-bond donors (Lipinski definition) is 2. The fourth-order valence-electron chi connectivity index (χ4n) is 2.47. The number of pyridine rings is 1. The van der Waals surface area contributed by atoms with Crippen molar-refractivity contribution < 1.29 is 18.7 Å². The quantitative estimate of drug-likeness (QED) is 0.525. The highest BCUT2D eigenvalue weighted by atomic mass is 35.5. The Bertz CT molecular complexity index is 1080. The van der Waals surface area contributed by atoms with Crippen molar-refractivity contribution in [1.29, 1.82) is 0 Å². The number of nitrogen functional groups attached to an aromatic ring is 1. The van der Waals surface area contributed by atoms with Gasteiger partial charge in [0.05, 0.1) is 18.7 Å². The third-order valence-corrected chi connectivity index (χ3v) is 4.73. The molecule has 0 radical (unpaired) electrons. The third kappa shape index (κ3) is 5.05. The first-order chi connectivity index (χ1) is 14.4. The summed E-state index contributed by atoms with van der Waals surface area (Å²) < 4.78 is 24.2. The zero-order valence-electron chi connectivity index (χ0n) is 15.7. The number of nitrogens with zero attached hydrogens (tertiary/aromatic N) is 3. The normalized spacial score (nSPS) is 10.5. The van der Waals surface area contributed by atoms with Gasteiger partial charge in [0.15, 0.2) is 17.3 Å². The van der Waals surface area contributed by atoms with E-state index in [2.05, 4.69) is 20.5 Å². The van der Waals surface area contributed by atoms with Gasteiger partial charge in [-0.05, 0) is 23.8 Å². The van der Waals surface area contributed by atoms with Crippen LogP contribution < -0.4 is 20.5 Å². The molecule has 30 heavy (non-hydrogen) atoms. The minimum Gasteiger partial charge on any atom is -0.489 e. The van der Waals surface area contributed by atoms with E-state index in [1.807, 2.05) is 0 Å². The molecule has 2 aromatic heterocycles.